The van der Waals surface area contributed by atoms with Crippen LogP contribution in [0.2, 0.25) is 0 Å². The zero-order chi connectivity index (χ0) is 20.0. The number of amides is 2. The predicted octanol–water partition coefficient (Wildman–Crippen LogP) is 2.95. The van der Waals surface area contributed by atoms with Crippen molar-refractivity contribution in [2.24, 2.45) is 7.05 Å². The van der Waals surface area contributed by atoms with Gasteiger partial charge in [-0.05, 0) is 44.0 Å². The van der Waals surface area contributed by atoms with Gasteiger partial charge in [-0.3, -0.25) is 4.68 Å². The summed E-state index contributed by atoms with van der Waals surface area (Å²) in [5.74, 6) is 5.25. The van der Waals surface area contributed by atoms with Gasteiger partial charge in [-0.15, -0.1) is 0 Å². The summed E-state index contributed by atoms with van der Waals surface area (Å²) in [4.78, 5) is 11.7. The number of halogens is 3. The van der Waals surface area contributed by atoms with Crippen molar-refractivity contribution in [3.8, 4) is 11.8 Å². The fraction of sp³-hybridized carbons (Fsp3) is 0.368. The fourth-order valence-corrected chi connectivity index (χ4v) is 2.59. The van der Waals surface area contributed by atoms with E-state index in [1.807, 2.05) is 20.9 Å². The molecule has 0 unspecified atom stereocenters. The SMILES string of the molecule is Cc1nn(C)c(C)c1CCNC(=O)NCC#Cc1cccc(C(F)(F)F)c1. The van der Waals surface area contributed by atoms with Gasteiger partial charge in [0.05, 0.1) is 17.8 Å². The molecule has 1 heterocycles. The number of hydrogen-bond acceptors (Lipinski definition) is 2. The average Bonchev–Trinajstić information content (AvgIpc) is 2.84. The molecule has 0 bridgehead atoms. The Morgan fingerprint density at radius 3 is 2.63 bits per heavy atom. The highest BCUT2D eigenvalue weighted by molar-refractivity contribution is 5.74. The van der Waals surface area contributed by atoms with Crippen molar-refractivity contribution >= 4 is 6.03 Å². The Labute approximate surface area is 156 Å². The maximum atomic E-state index is 12.6. The molecule has 2 rings (SSSR count). The van der Waals surface area contributed by atoms with E-state index in [9.17, 15) is 18.0 Å². The lowest BCUT2D eigenvalue weighted by atomic mass is 10.1. The monoisotopic (exact) mass is 378 g/mol. The van der Waals surface area contributed by atoms with Crippen LogP contribution in [0.4, 0.5) is 18.0 Å². The maximum Gasteiger partial charge on any atom is 0.416 e. The zero-order valence-electron chi connectivity index (χ0n) is 15.4. The summed E-state index contributed by atoms with van der Waals surface area (Å²) in [6.45, 7) is 4.37. The Morgan fingerprint density at radius 1 is 1.26 bits per heavy atom. The molecule has 2 aromatic rings. The van der Waals surface area contributed by atoms with Crippen LogP contribution in [0, 0.1) is 25.7 Å². The van der Waals surface area contributed by atoms with E-state index in [2.05, 4.69) is 27.6 Å². The summed E-state index contributed by atoms with van der Waals surface area (Å²) < 4.78 is 39.7. The number of carbonyl (C=O) groups excluding carboxylic acids is 1. The van der Waals surface area contributed by atoms with Gasteiger partial charge in [0.15, 0.2) is 0 Å². The first-order chi connectivity index (χ1) is 12.7. The van der Waals surface area contributed by atoms with Gasteiger partial charge in [0.1, 0.15) is 0 Å². The molecule has 144 valence electrons. The van der Waals surface area contributed by atoms with Crippen LogP contribution in [-0.4, -0.2) is 28.9 Å². The van der Waals surface area contributed by atoms with E-state index < -0.39 is 11.7 Å². The van der Waals surface area contributed by atoms with E-state index in [0.29, 0.717) is 13.0 Å². The Kier molecular flexibility index (Phi) is 6.50. The Bertz CT molecular complexity index is 875. The average molecular weight is 378 g/mol. The first-order valence-electron chi connectivity index (χ1n) is 8.35. The molecule has 0 saturated carbocycles. The smallest absolute Gasteiger partial charge is 0.338 e. The molecule has 1 aromatic carbocycles. The molecule has 0 spiro atoms. The third kappa shape index (κ3) is 5.78. The Balaban J connectivity index is 1.78. The number of aryl methyl sites for hydroxylation is 2. The van der Waals surface area contributed by atoms with Crippen LogP contribution in [0.5, 0.6) is 0 Å². The normalized spacial score (nSPS) is 10.9. The minimum atomic E-state index is -4.40. The molecule has 0 atom stereocenters. The predicted molar refractivity (Wildman–Crippen MR) is 96.1 cm³/mol. The maximum absolute atomic E-state index is 12.6. The van der Waals surface area contributed by atoms with Gasteiger partial charge < -0.3 is 10.6 Å². The van der Waals surface area contributed by atoms with E-state index in [1.165, 1.54) is 12.1 Å². The van der Waals surface area contributed by atoms with Gasteiger partial charge in [0.2, 0.25) is 0 Å². The van der Waals surface area contributed by atoms with Crippen molar-refractivity contribution in [3.63, 3.8) is 0 Å². The van der Waals surface area contributed by atoms with Crippen LogP contribution < -0.4 is 10.6 Å². The highest BCUT2D eigenvalue weighted by Gasteiger charge is 2.30. The number of nitrogens with one attached hydrogen (secondary N) is 2. The summed E-state index contributed by atoms with van der Waals surface area (Å²) in [6.07, 6.45) is -3.74. The minimum Gasteiger partial charge on any atom is -0.338 e. The van der Waals surface area contributed by atoms with Crippen molar-refractivity contribution in [3.05, 3.63) is 52.3 Å². The van der Waals surface area contributed by atoms with E-state index >= 15 is 0 Å². The van der Waals surface area contributed by atoms with Crippen LogP contribution in [-0.2, 0) is 19.6 Å². The number of nitrogens with zero attached hydrogens (tertiary/aromatic N) is 2. The quantitative estimate of drug-likeness (QED) is 0.804. The molecule has 0 fully saturated rings. The first kappa shape index (κ1) is 20.4. The molecule has 0 saturated heterocycles. The van der Waals surface area contributed by atoms with Crippen LogP contribution >= 0.6 is 0 Å². The van der Waals surface area contributed by atoms with Crippen molar-refractivity contribution in [1.29, 1.82) is 0 Å². The third-order valence-corrected chi connectivity index (χ3v) is 4.08. The van der Waals surface area contributed by atoms with Crippen LogP contribution in [0.3, 0.4) is 0 Å². The summed E-state index contributed by atoms with van der Waals surface area (Å²) in [7, 11) is 1.87. The van der Waals surface area contributed by atoms with Gasteiger partial charge in [0, 0.05) is 24.8 Å². The second-order valence-electron chi connectivity index (χ2n) is 6.01. The minimum absolute atomic E-state index is 0.0347. The molecule has 0 aliphatic heterocycles. The zero-order valence-corrected chi connectivity index (χ0v) is 15.4. The van der Waals surface area contributed by atoms with Crippen molar-refractivity contribution < 1.29 is 18.0 Å². The summed E-state index contributed by atoms with van der Waals surface area (Å²) in [5.41, 5.74) is 2.59. The molecule has 2 amide bonds. The van der Waals surface area contributed by atoms with Crippen molar-refractivity contribution in [2.45, 2.75) is 26.4 Å². The number of rotatable bonds is 4. The molecular formula is C19H21F3N4O. The number of carbonyl (C=O) groups is 1. The molecule has 0 aliphatic carbocycles. The summed E-state index contributed by atoms with van der Waals surface area (Å²) in [5, 5.41) is 9.59. The van der Waals surface area contributed by atoms with Crippen LogP contribution in [0.1, 0.15) is 28.1 Å². The van der Waals surface area contributed by atoms with Gasteiger partial charge in [0.25, 0.3) is 0 Å². The number of urea groups is 1. The molecular weight excluding hydrogens is 357 g/mol. The Hall–Kier alpha value is -2.95. The number of benzene rings is 1. The second-order valence-corrected chi connectivity index (χ2v) is 6.01. The summed E-state index contributed by atoms with van der Waals surface area (Å²) in [6, 6.07) is 4.37. The highest BCUT2D eigenvalue weighted by atomic mass is 19.4. The fourth-order valence-electron chi connectivity index (χ4n) is 2.59. The highest BCUT2D eigenvalue weighted by Crippen LogP contribution is 2.29. The van der Waals surface area contributed by atoms with Crippen molar-refractivity contribution in [1.82, 2.24) is 20.4 Å². The Morgan fingerprint density at radius 2 is 2.00 bits per heavy atom. The van der Waals surface area contributed by atoms with Crippen LogP contribution in [0.15, 0.2) is 24.3 Å². The largest absolute Gasteiger partial charge is 0.416 e. The summed E-state index contributed by atoms with van der Waals surface area (Å²) >= 11 is 0. The lowest BCUT2D eigenvalue weighted by Gasteiger charge is -2.06. The molecule has 27 heavy (non-hydrogen) atoms. The molecule has 8 heteroatoms. The van der Waals surface area contributed by atoms with Crippen LogP contribution in [0.25, 0.3) is 0 Å². The number of hydrogen-bond donors (Lipinski definition) is 2. The number of alkyl halides is 3. The van der Waals surface area contributed by atoms with Gasteiger partial charge in [-0.2, -0.15) is 18.3 Å². The molecule has 0 aliphatic rings. The number of aromatic nitrogens is 2. The van der Waals surface area contributed by atoms with E-state index in [-0.39, 0.29) is 18.1 Å². The van der Waals surface area contributed by atoms with Gasteiger partial charge in [-0.25, -0.2) is 4.79 Å². The van der Waals surface area contributed by atoms with E-state index in [1.54, 1.807) is 4.68 Å². The molecule has 0 radical (unpaired) electrons. The first-order valence-corrected chi connectivity index (χ1v) is 8.35. The second kappa shape index (κ2) is 8.62. The van der Waals surface area contributed by atoms with Gasteiger partial charge in [-0.1, -0.05) is 17.9 Å². The third-order valence-electron chi connectivity index (χ3n) is 4.08. The van der Waals surface area contributed by atoms with Crippen molar-refractivity contribution in [2.75, 3.05) is 13.1 Å². The van der Waals surface area contributed by atoms with E-state index in [4.69, 9.17) is 0 Å². The molecule has 5 nitrogen and oxygen atoms in total. The standard InChI is InChI=1S/C19H21F3N4O/c1-13-17(14(2)26(3)25-13)9-11-24-18(27)23-10-5-7-15-6-4-8-16(12-15)19(20,21)22/h4,6,8,12H,9-11H2,1-3H3,(H2,23,24,27). The lowest BCUT2D eigenvalue weighted by molar-refractivity contribution is -0.137. The lowest BCUT2D eigenvalue weighted by Crippen LogP contribution is -2.36. The topological polar surface area (TPSA) is 59.0 Å². The molecule has 1 aromatic heterocycles. The van der Waals surface area contributed by atoms with Gasteiger partial charge >= 0.3 is 12.2 Å². The van der Waals surface area contributed by atoms with E-state index in [0.717, 1.165) is 29.1 Å². The molecule has 2 N–H and O–H groups in total.